The third-order valence-electron chi connectivity index (χ3n) is 3.73. The Balaban J connectivity index is 1.57. The molecule has 0 atom stereocenters. The second-order valence-electron chi connectivity index (χ2n) is 5.87. The first kappa shape index (κ1) is 19.1. The number of thiocarbonyl (C=S) groups is 1. The highest BCUT2D eigenvalue weighted by atomic mass is 79.9. The Labute approximate surface area is 171 Å². The second kappa shape index (κ2) is 8.79. The van der Waals surface area contributed by atoms with E-state index in [1.807, 2.05) is 55.5 Å². The van der Waals surface area contributed by atoms with Crippen molar-refractivity contribution >= 4 is 50.6 Å². The zero-order valence-corrected chi connectivity index (χ0v) is 16.9. The number of amides is 1. The van der Waals surface area contributed by atoms with Crippen LogP contribution in [0.3, 0.4) is 0 Å². The smallest absolute Gasteiger partial charge is 0.266 e. The summed E-state index contributed by atoms with van der Waals surface area (Å²) < 4.78 is 6.58. The van der Waals surface area contributed by atoms with Crippen molar-refractivity contribution in [2.75, 3.05) is 10.6 Å². The Morgan fingerprint density at radius 2 is 1.41 bits per heavy atom. The van der Waals surface area contributed by atoms with Crippen molar-refractivity contribution in [3.8, 4) is 5.75 Å². The van der Waals surface area contributed by atoms with Gasteiger partial charge in [0.15, 0.2) is 0 Å². The number of benzene rings is 3. The standard InChI is InChI=1S/C21H17BrN2O2S/c1-14-2-8-17(9-3-14)23-20(25)15-4-12-19(13-5-15)26-21(27)24-18-10-6-16(22)7-11-18/h2-13H,1H3,(H,23,25)(H,24,27). The lowest BCUT2D eigenvalue weighted by molar-refractivity contribution is 0.102. The maximum Gasteiger partial charge on any atom is 0.266 e. The van der Waals surface area contributed by atoms with Crippen LogP contribution in [0.15, 0.2) is 77.3 Å². The van der Waals surface area contributed by atoms with Crippen LogP contribution in [0, 0.1) is 6.92 Å². The Morgan fingerprint density at radius 1 is 0.852 bits per heavy atom. The second-order valence-corrected chi connectivity index (χ2v) is 7.15. The Morgan fingerprint density at radius 3 is 2.04 bits per heavy atom. The zero-order chi connectivity index (χ0) is 19.2. The first-order chi connectivity index (χ1) is 13.0. The monoisotopic (exact) mass is 440 g/mol. The van der Waals surface area contributed by atoms with Crippen LogP contribution < -0.4 is 15.4 Å². The quantitative estimate of drug-likeness (QED) is 0.504. The Kier molecular flexibility index (Phi) is 6.21. The number of carbonyl (C=O) groups is 1. The largest absolute Gasteiger partial charge is 0.432 e. The van der Waals surface area contributed by atoms with E-state index in [0.717, 1.165) is 21.4 Å². The van der Waals surface area contributed by atoms with Crippen LogP contribution in [0.1, 0.15) is 15.9 Å². The van der Waals surface area contributed by atoms with E-state index in [0.29, 0.717) is 11.3 Å². The van der Waals surface area contributed by atoms with E-state index in [2.05, 4.69) is 26.6 Å². The first-order valence-electron chi connectivity index (χ1n) is 8.22. The van der Waals surface area contributed by atoms with Gasteiger partial charge in [0.25, 0.3) is 11.1 Å². The minimum absolute atomic E-state index is 0.180. The lowest BCUT2D eigenvalue weighted by atomic mass is 10.2. The number of hydrogen-bond acceptors (Lipinski definition) is 3. The fourth-order valence-corrected chi connectivity index (χ4v) is 2.78. The van der Waals surface area contributed by atoms with Gasteiger partial charge >= 0.3 is 0 Å². The summed E-state index contributed by atoms with van der Waals surface area (Å²) in [6, 6.07) is 22.0. The minimum Gasteiger partial charge on any atom is -0.432 e. The van der Waals surface area contributed by atoms with Crippen molar-refractivity contribution in [3.63, 3.8) is 0 Å². The summed E-state index contributed by atoms with van der Waals surface area (Å²) in [7, 11) is 0. The van der Waals surface area contributed by atoms with E-state index in [9.17, 15) is 4.79 Å². The summed E-state index contributed by atoms with van der Waals surface area (Å²) >= 11 is 8.59. The molecule has 0 aliphatic heterocycles. The molecule has 27 heavy (non-hydrogen) atoms. The number of halogens is 1. The molecule has 0 saturated carbocycles. The molecule has 0 saturated heterocycles. The summed E-state index contributed by atoms with van der Waals surface area (Å²) in [4.78, 5) is 12.3. The molecule has 0 aromatic heterocycles. The lowest BCUT2D eigenvalue weighted by Gasteiger charge is -2.10. The normalized spacial score (nSPS) is 10.1. The third kappa shape index (κ3) is 5.64. The molecule has 2 N–H and O–H groups in total. The predicted molar refractivity (Wildman–Crippen MR) is 117 cm³/mol. The van der Waals surface area contributed by atoms with Gasteiger partial charge < -0.3 is 15.4 Å². The lowest BCUT2D eigenvalue weighted by Crippen LogP contribution is -2.16. The highest BCUT2D eigenvalue weighted by Gasteiger charge is 2.07. The molecule has 3 aromatic carbocycles. The molecule has 0 aliphatic rings. The predicted octanol–water partition coefficient (Wildman–Crippen LogP) is 5.79. The molecule has 0 bridgehead atoms. The molecule has 4 nitrogen and oxygen atoms in total. The molecule has 0 aliphatic carbocycles. The van der Waals surface area contributed by atoms with Crippen LogP contribution in [0.5, 0.6) is 5.75 Å². The molecule has 0 fully saturated rings. The number of anilines is 2. The molecule has 0 radical (unpaired) electrons. The number of hydrogen-bond donors (Lipinski definition) is 2. The van der Waals surface area contributed by atoms with Crippen molar-refractivity contribution in [1.82, 2.24) is 0 Å². The number of aryl methyl sites for hydroxylation is 1. The number of carbonyl (C=O) groups excluding carboxylic acids is 1. The van der Waals surface area contributed by atoms with Gasteiger partial charge in [0, 0.05) is 21.4 Å². The minimum atomic E-state index is -0.180. The first-order valence-corrected chi connectivity index (χ1v) is 9.42. The zero-order valence-electron chi connectivity index (χ0n) is 14.5. The van der Waals surface area contributed by atoms with Crippen molar-refractivity contribution in [3.05, 3.63) is 88.4 Å². The van der Waals surface area contributed by atoms with Crippen LogP contribution in [0.25, 0.3) is 0 Å². The van der Waals surface area contributed by atoms with Gasteiger partial charge in [0.2, 0.25) is 0 Å². The molecule has 1 amide bonds. The molecule has 0 heterocycles. The number of rotatable bonds is 4. The van der Waals surface area contributed by atoms with Crippen molar-refractivity contribution in [2.24, 2.45) is 0 Å². The van der Waals surface area contributed by atoms with E-state index >= 15 is 0 Å². The number of ether oxygens (including phenoxy) is 1. The average Bonchev–Trinajstić information content (AvgIpc) is 2.66. The van der Waals surface area contributed by atoms with Gasteiger partial charge in [0.1, 0.15) is 5.75 Å². The molecule has 136 valence electrons. The average molecular weight is 441 g/mol. The van der Waals surface area contributed by atoms with Gasteiger partial charge in [-0.15, -0.1) is 0 Å². The van der Waals surface area contributed by atoms with E-state index in [-0.39, 0.29) is 11.1 Å². The van der Waals surface area contributed by atoms with Crippen molar-refractivity contribution in [1.29, 1.82) is 0 Å². The third-order valence-corrected chi connectivity index (χ3v) is 4.44. The molecule has 0 spiro atoms. The summed E-state index contributed by atoms with van der Waals surface area (Å²) in [6.07, 6.45) is 0. The van der Waals surface area contributed by atoms with Gasteiger partial charge in [-0.05, 0) is 79.8 Å². The Hall–Kier alpha value is -2.70. The Bertz CT molecular complexity index is 939. The molecular formula is C21H17BrN2O2S. The van der Waals surface area contributed by atoms with Gasteiger partial charge in [-0.2, -0.15) is 0 Å². The van der Waals surface area contributed by atoms with E-state index < -0.39 is 0 Å². The summed E-state index contributed by atoms with van der Waals surface area (Å²) in [5.41, 5.74) is 3.26. The van der Waals surface area contributed by atoms with Crippen LogP contribution in [0.2, 0.25) is 0 Å². The SMILES string of the molecule is Cc1ccc(NC(=O)c2ccc(OC(=S)Nc3ccc(Br)cc3)cc2)cc1. The molecule has 3 rings (SSSR count). The van der Waals surface area contributed by atoms with Crippen LogP contribution in [-0.2, 0) is 0 Å². The highest BCUT2D eigenvalue weighted by molar-refractivity contribution is 9.10. The maximum atomic E-state index is 12.3. The molecule has 3 aromatic rings. The van der Waals surface area contributed by atoms with Crippen molar-refractivity contribution in [2.45, 2.75) is 6.92 Å². The van der Waals surface area contributed by atoms with E-state index in [1.54, 1.807) is 24.3 Å². The van der Waals surface area contributed by atoms with E-state index in [1.165, 1.54) is 0 Å². The maximum absolute atomic E-state index is 12.3. The summed E-state index contributed by atoms with van der Waals surface area (Å²) in [6.45, 7) is 2.00. The van der Waals surface area contributed by atoms with Crippen molar-refractivity contribution < 1.29 is 9.53 Å². The van der Waals surface area contributed by atoms with Gasteiger partial charge in [-0.1, -0.05) is 33.6 Å². The van der Waals surface area contributed by atoms with E-state index in [4.69, 9.17) is 17.0 Å². The van der Waals surface area contributed by atoms with Crippen LogP contribution in [-0.4, -0.2) is 11.1 Å². The summed E-state index contributed by atoms with van der Waals surface area (Å²) in [5.74, 6) is 0.373. The van der Waals surface area contributed by atoms with Gasteiger partial charge in [0.05, 0.1) is 0 Å². The summed E-state index contributed by atoms with van der Waals surface area (Å²) in [5, 5.41) is 6.09. The van der Waals surface area contributed by atoms with Crippen LogP contribution in [0.4, 0.5) is 11.4 Å². The molecule has 6 heteroatoms. The highest BCUT2D eigenvalue weighted by Crippen LogP contribution is 2.17. The number of nitrogens with one attached hydrogen (secondary N) is 2. The molecular weight excluding hydrogens is 424 g/mol. The van der Waals surface area contributed by atoms with Crippen LogP contribution >= 0.6 is 28.1 Å². The van der Waals surface area contributed by atoms with Gasteiger partial charge in [-0.3, -0.25) is 4.79 Å². The van der Waals surface area contributed by atoms with Gasteiger partial charge in [-0.25, -0.2) is 0 Å². The fourth-order valence-electron chi connectivity index (χ4n) is 2.30. The molecule has 0 unspecified atom stereocenters. The fraction of sp³-hybridized carbons (Fsp3) is 0.0476. The topological polar surface area (TPSA) is 50.4 Å².